The van der Waals surface area contributed by atoms with Crippen molar-refractivity contribution in [3.05, 3.63) is 77.6 Å². The van der Waals surface area contributed by atoms with Gasteiger partial charge in [0.15, 0.2) is 5.65 Å². The van der Waals surface area contributed by atoms with E-state index in [2.05, 4.69) is 20.1 Å². The van der Waals surface area contributed by atoms with Crippen LogP contribution in [0.5, 0.6) is 0 Å². The third-order valence-corrected chi connectivity index (χ3v) is 7.07. The summed E-state index contributed by atoms with van der Waals surface area (Å²) in [6.45, 7) is 5.75. The van der Waals surface area contributed by atoms with Crippen molar-refractivity contribution in [1.29, 1.82) is 0 Å². The summed E-state index contributed by atoms with van der Waals surface area (Å²) in [4.78, 5) is 17.2. The summed E-state index contributed by atoms with van der Waals surface area (Å²) < 4.78 is 95.2. The van der Waals surface area contributed by atoms with Crippen molar-refractivity contribution in [3.8, 4) is 11.3 Å². The summed E-state index contributed by atoms with van der Waals surface area (Å²) in [7, 11) is -3.89. The summed E-state index contributed by atoms with van der Waals surface area (Å²) >= 11 is 0. The topological polar surface area (TPSA) is 105 Å². The third kappa shape index (κ3) is 6.45. The van der Waals surface area contributed by atoms with Crippen LogP contribution in [0.15, 0.2) is 65.7 Å². The molecule has 2 aromatic carbocycles. The first-order valence-corrected chi connectivity index (χ1v) is 13.3. The van der Waals surface area contributed by atoms with Crippen LogP contribution in [-0.4, -0.2) is 35.5 Å². The molecule has 0 saturated carbocycles. The molecule has 0 fully saturated rings. The first kappa shape index (κ1) is 29.1. The summed E-state index contributed by atoms with van der Waals surface area (Å²) in [5.74, 6) is -0.815. The molecule has 0 aliphatic carbocycles. The van der Waals surface area contributed by atoms with Crippen LogP contribution < -0.4 is 10.0 Å². The highest BCUT2D eigenvalue weighted by molar-refractivity contribution is 7.89. The van der Waals surface area contributed by atoms with Gasteiger partial charge < -0.3 is 5.32 Å². The number of hydrogen-bond acceptors (Lipinski definition) is 5. The molecule has 14 heteroatoms. The van der Waals surface area contributed by atoms with E-state index in [9.17, 15) is 35.2 Å². The minimum atomic E-state index is -4.58. The second-order valence-corrected chi connectivity index (χ2v) is 11.9. The molecule has 0 spiro atoms. The van der Waals surface area contributed by atoms with Gasteiger partial charge >= 0.3 is 6.18 Å². The first-order chi connectivity index (χ1) is 18.5. The second-order valence-electron chi connectivity index (χ2n) is 10.1. The van der Waals surface area contributed by atoms with Crippen LogP contribution in [0.1, 0.15) is 48.8 Å². The van der Waals surface area contributed by atoms with Crippen LogP contribution >= 0.6 is 0 Å². The smallest absolute Gasteiger partial charge is 0.322 e. The molecule has 4 aromatic rings. The monoisotopic (exact) mass is 581 g/mol. The summed E-state index contributed by atoms with van der Waals surface area (Å²) in [6.07, 6.45) is -6.61. The van der Waals surface area contributed by atoms with Gasteiger partial charge in [0.1, 0.15) is 11.3 Å². The van der Waals surface area contributed by atoms with Gasteiger partial charge in [-0.2, -0.15) is 18.3 Å². The lowest BCUT2D eigenvalue weighted by Gasteiger charge is -2.19. The van der Waals surface area contributed by atoms with Gasteiger partial charge in [0.2, 0.25) is 10.0 Å². The predicted octanol–water partition coefficient (Wildman–Crippen LogP) is 5.93. The van der Waals surface area contributed by atoms with Crippen molar-refractivity contribution in [1.82, 2.24) is 19.3 Å². The van der Waals surface area contributed by atoms with E-state index in [0.717, 1.165) is 41.0 Å². The van der Waals surface area contributed by atoms with E-state index in [1.165, 1.54) is 24.3 Å². The third-order valence-electron chi connectivity index (χ3n) is 5.67. The van der Waals surface area contributed by atoms with Gasteiger partial charge in [0.05, 0.1) is 22.3 Å². The van der Waals surface area contributed by atoms with Crippen LogP contribution in [0.2, 0.25) is 0 Å². The SMILES string of the molecule is CC(C)(C)CNS(=O)(=O)c1cccc(NC(=O)c2cnn3c(C(F)F)cc(-c4ccc(C(F)(F)F)cc4)nc23)c1. The average molecular weight is 582 g/mol. The van der Waals surface area contributed by atoms with Crippen molar-refractivity contribution < 1.29 is 35.2 Å². The van der Waals surface area contributed by atoms with Crippen LogP contribution in [0.25, 0.3) is 16.9 Å². The predicted molar refractivity (Wildman–Crippen MR) is 137 cm³/mol. The normalized spacial score (nSPS) is 12.7. The zero-order chi connectivity index (χ0) is 29.5. The molecule has 0 aliphatic rings. The minimum Gasteiger partial charge on any atom is -0.322 e. The summed E-state index contributed by atoms with van der Waals surface area (Å²) in [6, 6.07) is 10.2. The number of carbonyl (C=O) groups is 1. The highest BCUT2D eigenvalue weighted by Crippen LogP contribution is 2.32. The quantitative estimate of drug-likeness (QED) is 0.263. The Kier molecular flexibility index (Phi) is 7.69. The molecular formula is C26H24F5N5O3S. The van der Waals surface area contributed by atoms with Crippen LogP contribution in [-0.2, 0) is 16.2 Å². The second kappa shape index (κ2) is 10.6. The largest absolute Gasteiger partial charge is 0.416 e. The van der Waals surface area contributed by atoms with E-state index in [-0.39, 0.29) is 45.0 Å². The van der Waals surface area contributed by atoms with Gasteiger partial charge in [-0.05, 0) is 41.8 Å². The number of rotatable bonds is 7. The molecule has 0 atom stereocenters. The molecule has 0 bridgehead atoms. The number of anilines is 1. The maximum atomic E-state index is 13.9. The highest BCUT2D eigenvalue weighted by Gasteiger charge is 2.30. The Labute approximate surface area is 226 Å². The number of hydrogen-bond donors (Lipinski definition) is 2. The number of carbonyl (C=O) groups excluding carboxylic acids is 1. The number of nitrogens with zero attached hydrogens (tertiary/aromatic N) is 3. The number of halogens is 5. The number of alkyl halides is 5. The van der Waals surface area contributed by atoms with E-state index in [0.29, 0.717) is 0 Å². The lowest BCUT2D eigenvalue weighted by atomic mass is 9.98. The van der Waals surface area contributed by atoms with Crippen LogP contribution in [0.3, 0.4) is 0 Å². The van der Waals surface area contributed by atoms with Gasteiger partial charge in [-0.25, -0.2) is 31.4 Å². The fraction of sp³-hybridized carbons (Fsp3) is 0.269. The molecule has 2 heterocycles. The van der Waals surface area contributed by atoms with Gasteiger partial charge in [0, 0.05) is 17.8 Å². The lowest BCUT2D eigenvalue weighted by Crippen LogP contribution is -2.32. The fourth-order valence-corrected chi connectivity index (χ4v) is 4.94. The average Bonchev–Trinajstić information content (AvgIpc) is 3.30. The number of nitrogens with one attached hydrogen (secondary N) is 2. The molecule has 0 radical (unpaired) electrons. The molecule has 2 aromatic heterocycles. The Balaban J connectivity index is 1.67. The Hall–Kier alpha value is -3.91. The van der Waals surface area contributed by atoms with Crippen molar-refractivity contribution in [3.63, 3.8) is 0 Å². The number of sulfonamides is 1. The number of benzene rings is 2. The molecule has 4 rings (SSSR count). The van der Waals surface area contributed by atoms with Gasteiger partial charge in [-0.15, -0.1) is 0 Å². The van der Waals surface area contributed by atoms with Crippen molar-refractivity contribution in [2.75, 3.05) is 11.9 Å². The molecule has 1 amide bonds. The summed E-state index contributed by atoms with van der Waals surface area (Å²) in [5, 5.41) is 6.36. The molecule has 2 N–H and O–H groups in total. The van der Waals surface area contributed by atoms with E-state index in [1.807, 2.05) is 20.8 Å². The molecule has 0 saturated heterocycles. The van der Waals surface area contributed by atoms with E-state index in [1.54, 1.807) is 0 Å². The maximum absolute atomic E-state index is 13.9. The Morgan fingerprint density at radius 2 is 1.70 bits per heavy atom. The molecular weight excluding hydrogens is 557 g/mol. The van der Waals surface area contributed by atoms with Gasteiger partial charge in [-0.1, -0.05) is 39.0 Å². The Morgan fingerprint density at radius 3 is 2.30 bits per heavy atom. The maximum Gasteiger partial charge on any atom is 0.416 e. The van der Waals surface area contributed by atoms with E-state index < -0.39 is 39.8 Å². The van der Waals surface area contributed by atoms with Crippen molar-refractivity contribution in [2.24, 2.45) is 5.41 Å². The first-order valence-electron chi connectivity index (χ1n) is 11.8. The number of amides is 1. The molecule has 40 heavy (non-hydrogen) atoms. The Morgan fingerprint density at radius 1 is 1.02 bits per heavy atom. The van der Waals surface area contributed by atoms with E-state index in [4.69, 9.17) is 0 Å². The van der Waals surface area contributed by atoms with Gasteiger partial charge in [-0.3, -0.25) is 4.79 Å². The molecule has 0 unspecified atom stereocenters. The number of fused-ring (bicyclic) bond motifs is 1. The molecule has 8 nitrogen and oxygen atoms in total. The Bertz CT molecular complexity index is 1660. The zero-order valence-electron chi connectivity index (χ0n) is 21.4. The van der Waals surface area contributed by atoms with Crippen molar-refractivity contribution >= 4 is 27.3 Å². The van der Waals surface area contributed by atoms with Gasteiger partial charge in [0.25, 0.3) is 12.3 Å². The highest BCUT2D eigenvalue weighted by atomic mass is 32.2. The minimum absolute atomic E-state index is 0.0934. The van der Waals surface area contributed by atoms with Crippen LogP contribution in [0, 0.1) is 5.41 Å². The standard InChI is InChI=1S/C26H24F5N5O3S/c1-25(2,3)14-33-40(38,39)18-6-4-5-17(11-18)34-24(37)19-13-32-36-21(22(27)28)12-20(35-23(19)36)15-7-9-16(10-8-15)26(29,30)31/h4-13,22,33H,14H2,1-3H3,(H,34,37). The number of aromatic nitrogens is 3. The molecule has 0 aliphatic heterocycles. The zero-order valence-corrected chi connectivity index (χ0v) is 22.2. The summed E-state index contributed by atoms with van der Waals surface area (Å²) in [5.41, 5.74) is -2.21. The van der Waals surface area contributed by atoms with E-state index >= 15 is 0 Å². The fourth-order valence-electron chi connectivity index (χ4n) is 3.61. The van der Waals surface area contributed by atoms with Crippen LogP contribution in [0.4, 0.5) is 27.6 Å². The lowest BCUT2D eigenvalue weighted by molar-refractivity contribution is -0.137. The van der Waals surface area contributed by atoms with Crippen molar-refractivity contribution in [2.45, 2.75) is 38.3 Å². The molecule has 212 valence electrons.